The van der Waals surface area contributed by atoms with E-state index in [9.17, 15) is 9.59 Å². The molecule has 0 saturated heterocycles. The molecule has 8 nitrogen and oxygen atoms in total. The number of alkyl carbamates (subject to hydrolysis) is 1. The predicted molar refractivity (Wildman–Crippen MR) is 182 cm³/mol. The number of carbonyl (C=O) groups is 2. The topological polar surface area (TPSA) is 101 Å². The number of nitrogens with zero attached hydrogens (tertiary/aromatic N) is 2. The van der Waals surface area contributed by atoms with Crippen LogP contribution in [-0.4, -0.2) is 55.0 Å². The summed E-state index contributed by atoms with van der Waals surface area (Å²) in [6, 6.07) is 15.0. The first-order chi connectivity index (χ1) is 22.4. The summed E-state index contributed by atoms with van der Waals surface area (Å²) in [6.45, 7) is 2.62. The Labute approximate surface area is 276 Å². The molecule has 2 amide bonds. The van der Waals surface area contributed by atoms with Gasteiger partial charge in [0.1, 0.15) is 12.4 Å². The van der Waals surface area contributed by atoms with Crippen LogP contribution in [0.1, 0.15) is 92.2 Å². The summed E-state index contributed by atoms with van der Waals surface area (Å²) in [4.78, 5) is 34.3. The number of carbonyl (C=O) groups excluding carboxylic acids is 2. The maximum absolute atomic E-state index is 14.3. The van der Waals surface area contributed by atoms with E-state index in [2.05, 4.69) is 59.6 Å². The van der Waals surface area contributed by atoms with E-state index in [1.54, 1.807) is 18.4 Å². The summed E-state index contributed by atoms with van der Waals surface area (Å²) in [6.07, 6.45) is 11.3. The Morgan fingerprint density at radius 3 is 2.43 bits per heavy atom. The zero-order valence-corrected chi connectivity index (χ0v) is 27.9. The lowest BCUT2D eigenvalue weighted by molar-refractivity contribution is -0.123. The Bertz CT molecular complexity index is 1490. The van der Waals surface area contributed by atoms with E-state index in [-0.39, 0.29) is 31.1 Å². The first kappa shape index (κ1) is 32.5. The van der Waals surface area contributed by atoms with Gasteiger partial charge in [-0.1, -0.05) is 24.3 Å². The maximum atomic E-state index is 14.3. The molecule has 3 saturated carbocycles. The second kappa shape index (κ2) is 15.0. The summed E-state index contributed by atoms with van der Waals surface area (Å²) in [5, 5.41) is 13.0. The number of nitrogens with one attached hydrogen (secondary N) is 1. The van der Waals surface area contributed by atoms with Crippen LogP contribution in [0.4, 0.5) is 10.5 Å². The molecule has 246 valence electrons. The lowest BCUT2D eigenvalue weighted by atomic mass is 9.78. The van der Waals surface area contributed by atoms with E-state index in [1.165, 1.54) is 29.0 Å². The van der Waals surface area contributed by atoms with Crippen LogP contribution in [0, 0.1) is 18.8 Å². The van der Waals surface area contributed by atoms with E-state index in [0.29, 0.717) is 17.8 Å². The molecule has 2 aromatic carbocycles. The summed E-state index contributed by atoms with van der Waals surface area (Å²) < 4.78 is 10.5. The number of hydrogen-bond donors (Lipinski definition) is 2. The molecule has 3 fully saturated rings. The number of anilines is 1. The van der Waals surface area contributed by atoms with Gasteiger partial charge < -0.3 is 24.8 Å². The number of rotatable bonds is 11. The largest absolute Gasteiger partial charge is 0.496 e. The number of aliphatic hydroxyl groups is 1. The Kier molecular flexibility index (Phi) is 10.6. The van der Waals surface area contributed by atoms with Crippen LogP contribution in [0.25, 0.3) is 10.4 Å². The van der Waals surface area contributed by atoms with E-state index < -0.39 is 6.09 Å². The Balaban J connectivity index is 1.15. The molecule has 2 N–H and O–H groups in total. The van der Waals surface area contributed by atoms with Gasteiger partial charge in [0, 0.05) is 36.3 Å². The van der Waals surface area contributed by atoms with Gasteiger partial charge in [-0.25, -0.2) is 9.78 Å². The van der Waals surface area contributed by atoms with Crippen LogP contribution < -0.4 is 15.0 Å². The van der Waals surface area contributed by atoms with Gasteiger partial charge in [-0.2, -0.15) is 0 Å². The number of aromatic nitrogens is 1. The van der Waals surface area contributed by atoms with Gasteiger partial charge in [-0.05, 0) is 118 Å². The van der Waals surface area contributed by atoms with Crippen molar-refractivity contribution in [2.24, 2.45) is 11.8 Å². The smallest absolute Gasteiger partial charge is 0.407 e. The quantitative estimate of drug-likeness (QED) is 0.223. The molecular formula is C37H47N3O5S. The molecule has 1 heterocycles. The number of amides is 2. The molecule has 6 rings (SSSR count). The minimum atomic E-state index is -0.504. The van der Waals surface area contributed by atoms with E-state index in [0.717, 1.165) is 79.8 Å². The van der Waals surface area contributed by atoms with Crippen LogP contribution in [0.3, 0.4) is 0 Å². The molecule has 0 aliphatic heterocycles. The fraction of sp³-hybridized carbons (Fsp3) is 0.541. The SMILES string of the molecule is COc1ccc(C2CCC(CN(C(=O)C3CCC(NC(=O)OCCO)CC3)c3cccc(-c4cnc(C5CC5)s4)c3)CC2)cc1C. The van der Waals surface area contributed by atoms with Gasteiger partial charge in [0.15, 0.2) is 0 Å². The standard InChI is InChI=1S/C37H47N3O5S/c1-24-20-29(14-17-33(24)44-2)26-8-6-25(7-9-26)23-40(36(42)28-12-15-31(16-13-28)39-37(43)45-19-18-41)32-5-3-4-30(21-32)34-22-38-35(46-34)27-10-11-27/h3-5,14,17,20-22,25-28,31,41H,6-13,15-16,18-19,23H2,1-2H3,(H,39,43). The van der Waals surface area contributed by atoms with Crippen molar-refractivity contribution in [2.45, 2.75) is 89.0 Å². The highest BCUT2D eigenvalue weighted by Crippen LogP contribution is 2.44. The van der Waals surface area contributed by atoms with Gasteiger partial charge in [-0.15, -0.1) is 11.3 Å². The Morgan fingerprint density at radius 1 is 0.978 bits per heavy atom. The second-order valence-electron chi connectivity index (χ2n) is 13.3. The van der Waals surface area contributed by atoms with Crippen molar-refractivity contribution in [3.05, 3.63) is 64.8 Å². The van der Waals surface area contributed by atoms with Crippen molar-refractivity contribution >= 4 is 29.0 Å². The number of benzene rings is 2. The van der Waals surface area contributed by atoms with Gasteiger partial charge in [0.25, 0.3) is 0 Å². The summed E-state index contributed by atoms with van der Waals surface area (Å²) >= 11 is 1.78. The zero-order chi connectivity index (χ0) is 32.0. The third-order valence-electron chi connectivity index (χ3n) is 10.1. The van der Waals surface area contributed by atoms with Crippen molar-refractivity contribution in [3.8, 4) is 16.2 Å². The van der Waals surface area contributed by atoms with Crippen molar-refractivity contribution in [1.82, 2.24) is 10.3 Å². The average Bonchev–Trinajstić information content (AvgIpc) is 3.82. The average molecular weight is 646 g/mol. The highest BCUT2D eigenvalue weighted by atomic mass is 32.1. The third kappa shape index (κ3) is 7.92. The Hall–Kier alpha value is -3.43. The van der Waals surface area contributed by atoms with Crippen molar-refractivity contribution in [1.29, 1.82) is 0 Å². The van der Waals surface area contributed by atoms with Gasteiger partial charge >= 0.3 is 6.09 Å². The van der Waals surface area contributed by atoms with E-state index in [1.807, 2.05) is 6.20 Å². The number of ether oxygens (including phenoxy) is 2. The van der Waals surface area contributed by atoms with Crippen molar-refractivity contribution < 1.29 is 24.2 Å². The Morgan fingerprint density at radius 2 is 1.74 bits per heavy atom. The molecule has 0 atom stereocenters. The van der Waals surface area contributed by atoms with Crippen LogP contribution >= 0.6 is 11.3 Å². The molecule has 46 heavy (non-hydrogen) atoms. The van der Waals surface area contributed by atoms with Crippen molar-refractivity contribution in [3.63, 3.8) is 0 Å². The summed E-state index contributed by atoms with van der Waals surface area (Å²) in [7, 11) is 1.72. The fourth-order valence-electron chi connectivity index (χ4n) is 7.23. The van der Waals surface area contributed by atoms with Gasteiger partial charge in [0.05, 0.1) is 23.6 Å². The minimum Gasteiger partial charge on any atom is -0.496 e. The van der Waals surface area contributed by atoms with Crippen LogP contribution in [-0.2, 0) is 9.53 Å². The molecule has 1 aromatic heterocycles. The molecule has 3 aliphatic rings. The fourth-order valence-corrected chi connectivity index (χ4v) is 8.32. The highest BCUT2D eigenvalue weighted by molar-refractivity contribution is 7.15. The molecule has 3 aliphatic carbocycles. The predicted octanol–water partition coefficient (Wildman–Crippen LogP) is 7.59. The van der Waals surface area contributed by atoms with E-state index >= 15 is 0 Å². The minimum absolute atomic E-state index is 0.0151. The second-order valence-corrected chi connectivity index (χ2v) is 14.4. The first-order valence-corrected chi connectivity index (χ1v) is 17.8. The van der Waals surface area contributed by atoms with E-state index in [4.69, 9.17) is 19.6 Å². The highest BCUT2D eigenvalue weighted by Gasteiger charge is 2.34. The van der Waals surface area contributed by atoms with Crippen LogP contribution in [0.5, 0.6) is 5.75 Å². The van der Waals surface area contributed by atoms with Gasteiger partial charge in [0.2, 0.25) is 5.91 Å². The number of thiazole rings is 1. The lowest BCUT2D eigenvalue weighted by Crippen LogP contribution is -2.44. The number of methoxy groups -OCH3 is 1. The van der Waals surface area contributed by atoms with Crippen molar-refractivity contribution in [2.75, 3.05) is 31.8 Å². The van der Waals surface area contributed by atoms with Crippen LogP contribution in [0.2, 0.25) is 0 Å². The molecule has 9 heteroatoms. The zero-order valence-electron chi connectivity index (χ0n) is 27.1. The third-order valence-corrected chi connectivity index (χ3v) is 11.3. The normalized spacial score (nSPS) is 23.0. The monoisotopic (exact) mass is 645 g/mol. The summed E-state index contributed by atoms with van der Waals surface area (Å²) in [5.74, 6) is 2.63. The maximum Gasteiger partial charge on any atom is 0.407 e. The molecule has 3 aromatic rings. The molecule has 0 bridgehead atoms. The molecule has 0 unspecified atom stereocenters. The number of aryl methyl sites for hydroxylation is 1. The number of hydrogen-bond acceptors (Lipinski definition) is 7. The lowest BCUT2D eigenvalue weighted by Gasteiger charge is -2.36. The van der Waals surface area contributed by atoms with Gasteiger partial charge in [-0.3, -0.25) is 4.79 Å². The molecule has 0 radical (unpaired) electrons. The number of aliphatic hydroxyl groups excluding tert-OH is 1. The van der Waals surface area contributed by atoms with Crippen LogP contribution in [0.15, 0.2) is 48.7 Å². The molecule has 0 spiro atoms. The first-order valence-electron chi connectivity index (χ1n) is 17.0. The summed E-state index contributed by atoms with van der Waals surface area (Å²) in [5.41, 5.74) is 4.64. The molecular weight excluding hydrogens is 598 g/mol.